The molecule has 0 bridgehead atoms. The molecule has 112 valence electrons. The molecule has 1 heterocycles. The van der Waals surface area contributed by atoms with Gasteiger partial charge in [-0.3, -0.25) is 4.79 Å². The van der Waals surface area contributed by atoms with Crippen molar-refractivity contribution in [1.82, 2.24) is 9.88 Å². The van der Waals surface area contributed by atoms with Crippen molar-refractivity contribution in [2.24, 2.45) is 0 Å². The lowest BCUT2D eigenvalue weighted by atomic mass is 10.1. The van der Waals surface area contributed by atoms with Crippen molar-refractivity contribution in [2.75, 3.05) is 0 Å². The van der Waals surface area contributed by atoms with E-state index in [4.69, 9.17) is 0 Å². The second kappa shape index (κ2) is 7.07. The summed E-state index contributed by atoms with van der Waals surface area (Å²) in [5.41, 5.74) is 2.26. The maximum atomic E-state index is 12.6. The van der Waals surface area contributed by atoms with Crippen LogP contribution >= 0.6 is 0 Å². The van der Waals surface area contributed by atoms with Crippen LogP contribution in [0.25, 0.3) is 0 Å². The van der Waals surface area contributed by atoms with Gasteiger partial charge in [-0.25, -0.2) is 0 Å². The SMILES string of the molecule is CCCn1c(C(C)C)ccc(CNC2CCCC2)c1=O. The maximum absolute atomic E-state index is 12.6. The van der Waals surface area contributed by atoms with Crippen molar-refractivity contribution in [2.45, 2.75) is 77.9 Å². The van der Waals surface area contributed by atoms with Crippen LogP contribution in [0.4, 0.5) is 0 Å². The summed E-state index contributed by atoms with van der Waals surface area (Å²) in [6.07, 6.45) is 6.16. The number of hydrogen-bond acceptors (Lipinski definition) is 2. The minimum absolute atomic E-state index is 0.198. The molecule has 0 amide bonds. The molecule has 3 heteroatoms. The highest BCUT2D eigenvalue weighted by Crippen LogP contribution is 2.18. The Labute approximate surface area is 122 Å². The van der Waals surface area contributed by atoms with E-state index in [-0.39, 0.29) is 5.56 Å². The molecule has 1 aromatic heterocycles. The van der Waals surface area contributed by atoms with Crippen molar-refractivity contribution < 1.29 is 0 Å². The van der Waals surface area contributed by atoms with Gasteiger partial charge in [0.2, 0.25) is 0 Å². The van der Waals surface area contributed by atoms with Gasteiger partial charge >= 0.3 is 0 Å². The molecule has 1 fully saturated rings. The first-order valence-electron chi connectivity index (χ1n) is 8.09. The Morgan fingerprint density at radius 2 is 2.00 bits per heavy atom. The van der Waals surface area contributed by atoms with Crippen LogP contribution in [-0.4, -0.2) is 10.6 Å². The van der Waals surface area contributed by atoms with E-state index in [0.29, 0.717) is 18.5 Å². The Morgan fingerprint density at radius 1 is 1.30 bits per heavy atom. The van der Waals surface area contributed by atoms with Crippen LogP contribution in [0.1, 0.15) is 70.1 Å². The fourth-order valence-corrected chi connectivity index (χ4v) is 3.11. The molecule has 0 radical (unpaired) electrons. The fourth-order valence-electron chi connectivity index (χ4n) is 3.11. The lowest BCUT2D eigenvalue weighted by Crippen LogP contribution is -2.32. The first-order valence-corrected chi connectivity index (χ1v) is 8.09. The Hall–Kier alpha value is -1.09. The van der Waals surface area contributed by atoms with E-state index in [1.165, 1.54) is 25.7 Å². The molecular weight excluding hydrogens is 248 g/mol. The average molecular weight is 276 g/mol. The van der Waals surface area contributed by atoms with Crippen LogP contribution in [0.2, 0.25) is 0 Å². The third kappa shape index (κ3) is 3.51. The summed E-state index contributed by atoms with van der Waals surface area (Å²) < 4.78 is 1.97. The zero-order valence-electron chi connectivity index (χ0n) is 13.1. The van der Waals surface area contributed by atoms with Gasteiger partial charge in [-0.1, -0.05) is 39.7 Å². The molecule has 0 saturated heterocycles. The number of pyridine rings is 1. The molecule has 20 heavy (non-hydrogen) atoms. The fraction of sp³-hybridized carbons (Fsp3) is 0.706. The van der Waals surface area contributed by atoms with Crippen molar-refractivity contribution in [3.8, 4) is 0 Å². The number of aromatic nitrogens is 1. The third-order valence-electron chi connectivity index (χ3n) is 4.26. The lowest BCUT2D eigenvalue weighted by Gasteiger charge is -2.17. The summed E-state index contributed by atoms with van der Waals surface area (Å²) in [5.74, 6) is 0.395. The molecule has 0 aromatic carbocycles. The lowest BCUT2D eigenvalue weighted by molar-refractivity contribution is 0.515. The van der Waals surface area contributed by atoms with E-state index in [9.17, 15) is 4.79 Å². The second-order valence-electron chi connectivity index (χ2n) is 6.26. The number of rotatable bonds is 6. The Kier molecular flexibility index (Phi) is 5.41. The minimum atomic E-state index is 0.198. The quantitative estimate of drug-likeness (QED) is 0.864. The van der Waals surface area contributed by atoms with Gasteiger partial charge in [0.15, 0.2) is 0 Å². The highest BCUT2D eigenvalue weighted by molar-refractivity contribution is 5.18. The smallest absolute Gasteiger partial charge is 0.255 e. The maximum Gasteiger partial charge on any atom is 0.255 e. The van der Waals surface area contributed by atoms with Crippen molar-refractivity contribution >= 4 is 0 Å². The van der Waals surface area contributed by atoms with Gasteiger partial charge in [0.1, 0.15) is 0 Å². The molecule has 2 rings (SSSR count). The van der Waals surface area contributed by atoms with Crippen molar-refractivity contribution in [1.29, 1.82) is 0 Å². The first-order chi connectivity index (χ1) is 9.63. The summed E-state index contributed by atoms with van der Waals surface area (Å²) in [4.78, 5) is 12.6. The zero-order valence-corrected chi connectivity index (χ0v) is 13.1. The van der Waals surface area contributed by atoms with E-state index < -0.39 is 0 Å². The summed E-state index contributed by atoms with van der Waals surface area (Å²) in [5, 5.41) is 3.54. The number of nitrogens with one attached hydrogen (secondary N) is 1. The van der Waals surface area contributed by atoms with Crippen LogP contribution in [0.3, 0.4) is 0 Å². The Morgan fingerprint density at radius 3 is 2.60 bits per heavy atom. The first kappa shape index (κ1) is 15.3. The molecule has 0 aliphatic heterocycles. The highest BCUT2D eigenvalue weighted by atomic mass is 16.1. The molecular formula is C17H28N2O. The molecule has 3 nitrogen and oxygen atoms in total. The van der Waals surface area contributed by atoms with E-state index in [0.717, 1.165) is 24.2 Å². The predicted molar refractivity (Wildman–Crippen MR) is 84.2 cm³/mol. The highest BCUT2D eigenvalue weighted by Gasteiger charge is 2.16. The van der Waals surface area contributed by atoms with Gasteiger partial charge in [0, 0.05) is 30.4 Å². The van der Waals surface area contributed by atoms with Gasteiger partial charge in [-0.05, 0) is 31.2 Å². The normalized spacial score (nSPS) is 16.2. The molecule has 0 unspecified atom stereocenters. The monoisotopic (exact) mass is 276 g/mol. The van der Waals surface area contributed by atoms with E-state index in [2.05, 4.69) is 32.2 Å². The van der Waals surface area contributed by atoms with Gasteiger partial charge in [0.25, 0.3) is 5.56 Å². The van der Waals surface area contributed by atoms with Gasteiger partial charge in [0.05, 0.1) is 0 Å². The third-order valence-corrected chi connectivity index (χ3v) is 4.26. The predicted octanol–water partition coefficient (Wildman–Crippen LogP) is 3.41. The van der Waals surface area contributed by atoms with Crippen LogP contribution in [0, 0.1) is 0 Å². The zero-order chi connectivity index (χ0) is 14.5. The van der Waals surface area contributed by atoms with Gasteiger partial charge < -0.3 is 9.88 Å². The summed E-state index contributed by atoms with van der Waals surface area (Å²) >= 11 is 0. The molecule has 1 N–H and O–H groups in total. The second-order valence-corrected chi connectivity index (χ2v) is 6.26. The van der Waals surface area contributed by atoms with E-state index >= 15 is 0 Å². The largest absolute Gasteiger partial charge is 0.312 e. The molecule has 1 saturated carbocycles. The number of nitrogens with zero attached hydrogens (tertiary/aromatic N) is 1. The van der Waals surface area contributed by atoms with Gasteiger partial charge in [-0.2, -0.15) is 0 Å². The summed E-state index contributed by atoms with van der Waals surface area (Å²) in [7, 11) is 0. The molecule has 1 aromatic rings. The van der Waals surface area contributed by atoms with Crippen LogP contribution in [0.5, 0.6) is 0 Å². The van der Waals surface area contributed by atoms with Crippen LogP contribution in [0.15, 0.2) is 16.9 Å². The summed E-state index contributed by atoms with van der Waals surface area (Å²) in [6.45, 7) is 7.96. The molecule has 0 spiro atoms. The van der Waals surface area contributed by atoms with E-state index in [1.54, 1.807) is 0 Å². The standard InChI is InChI=1S/C17H28N2O/c1-4-11-19-16(13(2)3)10-9-14(17(19)20)12-18-15-7-5-6-8-15/h9-10,13,15,18H,4-8,11-12H2,1-3H3. The van der Waals surface area contributed by atoms with Gasteiger partial charge in [-0.15, -0.1) is 0 Å². The topological polar surface area (TPSA) is 34.0 Å². The molecule has 1 aliphatic carbocycles. The molecule has 1 aliphatic rings. The van der Waals surface area contributed by atoms with Crippen LogP contribution < -0.4 is 10.9 Å². The van der Waals surface area contributed by atoms with Crippen molar-refractivity contribution in [3.63, 3.8) is 0 Å². The minimum Gasteiger partial charge on any atom is -0.312 e. The summed E-state index contributed by atoms with van der Waals surface area (Å²) in [6, 6.07) is 4.76. The Balaban J connectivity index is 2.16. The Bertz CT molecular complexity index is 484. The average Bonchev–Trinajstić information content (AvgIpc) is 2.92. The molecule has 0 atom stereocenters. The van der Waals surface area contributed by atoms with Crippen LogP contribution in [-0.2, 0) is 13.1 Å². The van der Waals surface area contributed by atoms with Crippen molar-refractivity contribution in [3.05, 3.63) is 33.7 Å². The number of hydrogen-bond donors (Lipinski definition) is 1. The van der Waals surface area contributed by atoms with E-state index in [1.807, 2.05) is 10.6 Å².